The van der Waals surface area contributed by atoms with E-state index < -0.39 is 18.2 Å². The molecule has 0 spiro atoms. The highest BCUT2D eigenvalue weighted by Crippen LogP contribution is 2.37. The number of nitrogens with one attached hydrogen (secondary N) is 1. The molecule has 2 aromatic rings. The van der Waals surface area contributed by atoms with Crippen molar-refractivity contribution in [2.24, 2.45) is 0 Å². The van der Waals surface area contributed by atoms with Gasteiger partial charge in [-0.15, -0.1) is 0 Å². The van der Waals surface area contributed by atoms with Crippen LogP contribution in [0.25, 0.3) is 10.9 Å². The standard InChI is InChI=1S/C12H9NO5/c1-17-12-5-2-3-7-8(9(5)11(16)18-12)6(4-13-7)10(14)15/h2-4,12-13H,1H3,(H,14,15). The third kappa shape index (κ3) is 1.26. The molecule has 0 aliphatic carbocycles. The summed E-state index contributed by atoms with van der Waals surface area (Å²) in [6, 6.07) is 3.40. The zero-order chi connectivity index (χ0) is 12.9. The molecule has 1 aliphatic rings. The molecule has 0 radical (unpaired) electrons. The number of ether oxygens (including phenoxy) is 2. The van der Waals surface area contributed by atoms with E-state index in [0.717, 1.165) is 0 Å². The molecule has 0 saturated heterocycles. The van der Waals surface area contributed by atoms with Crippen molar-refractivity contribution in [2.75, 3.05) is 7.11 Å². The molecule has 6 nitrogen and oxygen atoms in total. The number of carboxylic acids is 1. The molecule has 1 atom stereocenters. The Labute approximate surface area is 101 Å². The van der Waals surface area contributed by atoms with Gasteiger partial charge in [0.1, 0.15) is 0 Å². The number of benzene rings is 1. The van der Waals surface area contributed by atoms with Crippen molar-refractivity contribution in [2.45, 2.75) is 6.29 Å². The van der Waals surface area contributed by atoms with Crippen molar-refractivity contribution in [3.05, 3.63) is 35.0 Å². The summed E-state index contributed by atoms with van der Waals surface area (Å²) in [5.74, 6) is -1.66. The fourth-order valence-corrected chi connectivity index (χ4v) is 2.22. The Morgan fingerprint density at radius 2 is 2.28 bits per heavy atom. The number of aromatic amines is 1. The third-order valence-electron chi connectivity index (χ3n) is 3.00. The molecule has 6 heteroatoms. The number of H-pyrrole nitrogens is 1. The number of methoxy groups -OCH3 is 1. The Kier molecular flexibility index (Phi) is 2.14. The number of hydrogen-bond donors (Lipinski definition) is 2. The molecule has 1 aromatic heterocycles. The summed E-state index contributed by atoms with van der Waals surface area (Å²) in [6.45, 7) is 0. The second kappa shape index (κ2) is 3.58. The molecule has 2 N–H and O–H groups in total. The summed E-state index contributed by atoms with van der Waals surface area (Å²) in [7, 11) is 1.42. The number of rotatable bonds is 2. The maximum absolute atomic E-state index is 11.8. The van der Waals surface area contributed by atoms with E-state index in [0.29, 0.717) is 16.5 Å². The minimum atomic E-state index is -1.09. The Hall–Kier alpha value is -2.34. The van der Waals surface area contributed by atoms with Crippen LogP contribution in [-0.4, -0.2) is 29.1 Å². The summed E-state index contributed by atoms with van der Waals surface area (Å²) in [5.41, 5.74) is 1.45. The minimum absolute atomic E-state index is 0.0514. The molecule has 18 heavy (non-hydrogen) atoms. The number of carbonyl (C=O) groups is 2. The molecular formula is C12H9NO5. The van der Waals surface area contributed by atoms with Crippen LogP contribution in [0.2, 0.25) is 0 Å². The van der Waals surface area contributed by atoms with E-state index in [9.17, 15) is 9.59 Å². The summed E-state index contributed by atoms with van der Waals surface area (Å²) < 4.78 is 10.1. The van der Waals surface area contributed by atoms with Gasteiger partial charge in [0.25, 0.3) is 0 Å². The van der Waals surface area contributed by atoms with Crippen LogP contribution in [0.3, 0.4) is 0 Å². The SMILES string of the molecule is COC1OC(=O)c2c1ccc1[nH]cc(C(=O)O)c21. The number of fused-ring (bicyclic) bond motifs is 3. The minimum Gasteiger partial charge on any atom is -0.478 e. The molecule has 1 unspecified atom stereocenters. The van der Waals surface area contributed by atoms with Gasteiger partial charge >= 0.3 is 11.9 Å². The second-order valence-corrected chi connectivity index (χ2v) is 3.93. The van der Waals surface area contributed by atoms with Gasteiger partial charge in [-0.3, -0.25) is 0 Å². The molecule has 1 aromatic carbocycles. The molecule has 2 heterocycles. The Morgan fingerprint density at radius 1 is 1.50 bits per heavy atom. The molecule has 0 saturated carbocycles. The first kappa shape index (κ1) is 10.8. The summed E-state index contributed by atoms with van der Waals surface area (Å²) >= 11 is 0. The van der Waals surface area contributed by atoms with Gasteiger partial charge in [0, 0.05) is 29.8 Å². The Bertz CT molecular complexity index is 672. The highest BCUT2D eigenvalue weighted by Gasteiger charge is 2.34. The second-order valence-electron chi connectivity index (χ2n) is 3.93. The van der Waals surface area contributed by atoms with Gasteiger partial charge in [-0.1, -0.05) is 0 Å². The van der Waals surface area contributed by atoms with E-state index in [-0.39, 0.29) is 11.1 Å². The van der Waals surface area contributed by atoms with Crippen molar-refractivity contribution in [3.8, 4) is 0 Å². The predicted octanol–water partition coefficient (Wildman–Crippen LogP) is 1.68. The average Bonchev–Trinajstić information content (AvgIpc) is 2.89. The molecule has 92 valence electrons. The first-order valence-corrected chi connectivity index (χ1v) is 5.24. The molecule has 0 bridgehead atoms. The largest absolute Gasteiger partial charge is 0.478 e. The van der Waals surface area contributed by atoms with Crippen LogP contribution in [0.4, 0.5) is 0 Å². The highest BCUT2D eigenvalue weighted by atomic mass is 16.7. The summed E-state index contributed by atoms with van der Waals surface area (Å²) in [5, 5.41) is 9.47. The van der Waals surface area contributed by atoms with Crippen molar-refractivity contribution >= 4 is 22.8 Å². The lowest BCUT2D eigenvalue weighted by Crippen LogP contribution is -2.00. The Balaban J connectivity index is 2.38. The topological polar surface area (TPSA) is 88.6 Å². The molecule has 0 fully saturated rings. The van der Waals surface area contributed by atoms with Crippen LogP contribution in [-0.2, 0) is 9.47 Å². The fraction of sp³-hybridized carbons (Fsp3) is 0.167. The van der Waals surface area contributed by atoms with Gasteiger partial charge in [0.05, 0.1) is 11.1 Å². The lowest BCUT2D eigenvalue weighted by Gasteiger charge is -2.06. The lowest BCUT2D eigenvalue weighted by molar-refractivity contribution is -0.0815. The highest BCUT2D eigenvalue weighted by molar-refractivity contribution is 6.14. The van der Waals surface area contributed by atoms with Crippen LogP contribution < -0.4 is 0 Å². The molecule has 3 rings (SSSR count). The zero-order valence-corrected chi connectivity index (χ0v) is 9.39. The maximum Gasteiger partial charge on any atom is 0.341 e. The smallest absolute Gasteiger partial charge is 0.341 e. The van der Waals surface area contributed by atoms with Gasteiger partial charge in [0.2, 0.25) is 6.29 Å². The van der Waals surface area contributed by atoms with Gasteiger partial charge in [0.15, 0.2) is 0 Å². The van der Waals surface area contributed by atoms with Crippen LogP contribution in [0, 0.1) is 0 Å². The monoisotopic (exact) mass is 247 g/mol. The lowest BCUT2D eigenvalue weighted by atomic mass is 10.0. The maximum atomic E-state index is 11.8. The zero-order valence-electron chi connectivity index (χ0n) is 9.39. The number of cyclic esters (lactones) is 1. The van der Waals surface area contributed by atoms with E-state index >= 15 is 0 Å². The van der Waals surface area contributed by atoms with Crippen molar-refractivity contribution in [1.82, 2.24) is 4.98 Å². The quantitative estimate of drug-likeness (QED) is 0.788. The fourth-order valence-electron chi connectivity index (χ4n) is 2.22. The number of hydrogen-bond acceptors (Lipinski definition) is 4. The van der Waals surface area contributed by atoms with Gasteiger partial charge in [-0.25, -0.2) is 9.59 Å². The first-order chi connectivity index (χ1) is 8.63. The van der Waals surface area contributed by atoms with E-state index in [1.807, 2.05) is 0 Å². The molecule has 0 amide bonds. The third-order valence-corrected chi connectivity index (χ3v) is 3.00. The number of esters is 1. The average molecular weight is 247 g/mol. The van der Waals surface area contributed by atoms with Crippen LogP contribution in [0.1, 0.15) is 32.6 Å². The van der Waals surface area contributed by atoms with Crippen molar-refractivity contribution in [3.63, 3.8) is 0 Å². The number of carboxylic acid groups (broad SMARTS) is 1. The van der Waals surface area contributed by atoms with Crippen LogP contribution >= 0.6 is 0 Å². The van der Waals surface area contributed by atoms with Gasteiger partial charge in [-0.05, 0) is 12.1 Å². The number of aromatic carboxylic acids is 1. The predicted molar refractivity (Wildman–Crippen MR) is 60.4 cm³/mol. The van der Waals surface area contributed by atoms with E-state index in [2.05, 4.69) is 4.98 Å². The van der Waals surface area contributed by atoms with E-state index in [1.54, 1.807) is 12.1 Å². The Morgan fingerprint density at radius 3 is 2.94 bits per heavy atom. The molecule has 1 aliphatic heterocycles. The first-order valence-electron chi connectivity index (χ1n) is 5.24. The summed E-state index contributed by atoms with van der Waals surface area (Å²) in [6.07, 6.45) is 0.592. The van der Waals surface area contributed by atoms with Crippen molar-refractivity contribution < 1.29 is 24.2 Å². The summed E-state index contributed by atoms with van der Waals surface area (Å²) in [4.78, 5) is 25.8. The number of aromatic nitrogens is 1. The molecular weight excluding hydrogens is 238 g/mol. The van der Waals surface area contributed by atoms with Crippen molar-refractivity contribution in [1.29, 1.82) is 0 Å². The van der Waals surface area contributed by atoms with Crippen LogP contribution in [0.5, 0.6) is 0 Å². The van der Waals surface area contributed by atoms with E-state index in [4.69, 9.17) is 14.6 Å². The number of carbonyl (C=O) groups excluding carboxylic acids is 1. The normalized spacial score (nSPS) is 17.8. The van der Waals surface area contributed by atoms with Gasteiger partial charge < -0.3 is 19.6 Å². The van der Waals surface area contributed by atoms with E-state index in [1.165, 1.54) is 13.3 Å². The van der Waals surface area contributed by atoms with Crippen LogP contribution in [0.15, 0.2) is 18.3 Å². The van der Waals surface area contributed by atoms with Gasteiger partial charge in [-0.2, -0.15) is 0 Å².